The van der Waals surface area contributed by atoms with Crippen molar-refractivity contribution in [1.29, 1.82) is 0 Å². The number of halogens is 1. The molecule has 0 saturated heterocycles. The smallest absolute Gasteiger partial charge is 0.425 e. The first-order valence-electron chi connectivity index (χ1n) is 12.4. The molecule has 9 heteroatoms. The van der Waals surface area contributed by atoms with Gasteiger partial charge in [0.2, 0.25) is 0 Å². The molecule has 0 aliphatic heterocycles. The van der Waals surface area contributed by atoms with Crippen LogP contribution in [-0.2, 0) is 28.9 Å². The summed E-state index contributed by atoms with van der Waals surface area (Å²) in [4.78, 5) is 26.7. The highest BCUT2D eigenvalue weighted by Gasteiger charge is 2.36. The summed E-state index contributed by atoms with van der Waals surface area (Å²) >= 11 is 6.59. The van der Waals surface area contributed by atoms with Crippen molar-refractivity contribution in [2.24, 2.45) is 0 Å². The molecule has 1 aromatic heterocycles. The minimum absolute atomic E-state index is 0.0671. The Morgan fingerprint density at radius 1 is 0.946 bits per heavy atom. The molecule has 1 heterocycles. The number of carbonyl (C=O) groups is 2. The normalized spacial score (nSPS) is 13.7. The summed E-state index contributed by atoms with van der Waals surface area (Å²) in [7, 11) is 0. The number of rotatable bonds is 4. The van der Waals surface area contributed by atoms with Crippen LogP contribution < -0.4 is 9.64 Å². The fourth-order valence-electron chi connectivity index (χ4n) is 4.08. The monoisotopic (exact) mass is 528 g/mol. The lowest BCUT2D eigenvalue weighted by atomic mass is 9.92. The molecule has 37 heavy (non-hydrogen) atoms. The zero-order chi connectivity index (χ0) is 27.0. The van der Waals surface area contributed by atoms with E-state index in [1.807, 2.05) is 6.07 Å². The lowest BCUT2D eigenvalue weighted by molar-refractivity contribution is 0.0428. The molecule has 0 fully saturated rings. The van der Waals surface area contributed by atoms with Gasteiger partial charge in [-0.15, -0.1) is 0 Å². The highest BCUT2D eigenvalue weighted by molar-refractivity contribution is 6.32. The van der Waals surface area contributed by atoms with E-state index in [0.717, 1.165) is 23.5 Å². The first-order valence-corrected chi connectivity index (χ1v) is 12.8. The molecule has 0 spiro atoms. The Kier molecular flexibility index (Phi) is 7.42. The topological polar surface area (TPSA) is 91.1 Å². The number of ether oxygens (including phenoxy) is 3. The number of hydrogen-bond acceptors (Lipinski definition) is 7. The van der Waals surface area contributed by atoms with Gasteiger partial charge in [0.25, 0.3) is 0 Å². The molecular formula is C28H33ClN2O6. The molecule has 2 amide bonds. The maximum atomic E-state index is 13.0. The van der Waals surface area contributed by atoms with Crippen LogP contribution in [0.25, 0.3) is 11.0 Å². The number of hydrogen-bond donors (Lipinski definition) is 0. The number of aryl methyl sites for hydroxylation is 2. The lowest BCUT2D eigenvalue weighted by Gasteiger charge is -2.27. The molecular weight excluding hydrogens is 496 g/mol. The van der Waals surface area contributed by atoms with Gasteiger partial charge in [-0.2, -0.15) is 4.90 Å². The van der Waals surface area contributed by atoms with Gasteiger partial charge >= 0.3 is 12.2 Å². The highest BCUT2D eigenvalue weighted by Crippen LogP contribution is 2.34. The number of aromatic nitrogens is 1. The number of fused-ring (bicyclic) bond motifs is 2. The maximum Gasteiger partial charge on any atom is 0.425 e. The zero-order valence-corrected chi connectivity index (χ0v) is 22.9. The van der Waals surface area contributed by atoms with Crippen LogP contribution >= 0.6 is 11.6 Å². The summed E-state index contributed by atoms with van der Waals surface area (Å²) < 4.78 is 22.4. The van der Waals surface area contributed by atoms with E-state index in [4.69, 9.17) is 30.3 Å². The van der Waals surface area contributed by atoms with E-state index in [-0.39, 0.29) is 12.4 Å². The molecule has 0 unspecified atom stereocenters. The Morgan fingerprint density at radius 3 is 2.19 bits per heavy atom. The Hall–Kier alpha value is -3.26. The maximum absolute atomic E-state index is 13.0. The van der Waals surface area contributed by atoms with Crippen LogP contribution in [0.3, 0.4) is 0 Å². The van der Waals surface area contributed by atoms with Crippen molar-refractivity contribution in [2.75, 3.05) is 4.90 Å². The Labute approximate surface area is 221 Å². The molecule has 2 aromatic carbocycles. The average Bonchev–Trinajstić information content (AvgIpc) is 3.17. The third kappa shape index (κ3) is 6.55. The number of benzene rings is 2. The summed E-state index contributed by atoms with van der Waals surface area (Å²) in [6.45, 7) is 10.4. The van der Waals surface area contributed by atoms with Gasteiger partial charge in [0.05, 0.1) is 5.39 Å². The van der Waals surface area contributed by atoms with Crippen molar-refractivity contribution >= 4 is 40.6 Å². The van der Waals surface area contributed by atoms with Gasteiger partial charge in [0, 0.05) is 10.6 Å². The summed E-state index contributed by atoms with van der Waals surface area (Å²) in [5.74, 6) is 0.707. The number of anilines is 1. The van der Waals surface area contributed by atoms with Crippen LogP contribution in [-0.4, -0.2) is 28.5 Å². The van der Waals surface area contributed by atoms with Gasteiger partial charge in [0.15, 0.2) is 11.4 Å². The van der Waals surface area contributed by atoms with E-state index in [9.17, 15) is 9.59 Å². The predicted octanol–water partition coefficient (Wildman–Crippen LogP) is 7.62. The second kappa shape index (κ2) is 10.2. The van der Waals surface area contributed by atoms with Gasteiger partial charge < -0.3 is 18.7 Å². The van der Waals surface area contributed by atoms with Crippen molar-refractivity contribution < 1.29 is 28.3 Å². The van der Waals surface area contributed by atoms with E-state index in [1.165, 1.54) is 24.0 Å². The second-order valence-electron chi connectivity index (χ2n) is 11.2. The third-order valence-electron chi connectivity index (χ3n) is 5.70. The van der Waals surface area contributed by atoms with Gasteiger partial charge in [0.1, 0.15) is 23.6 Å². The standard InChI is InChI=1S/C28H33ClN2O6/c1-27(2,3)35-25(32)31(26(33)36-28(4,5)6)24-21-15-22(29)19(14-23(21)37-30-24)16-34-20-12-11-17-9-7-8-10-18(17)13-20/h11-15H,7-10,16H2,1-6H3. The van der Waals surface area contributed by atoms with Crippen molar-refractivity contribution in [3.63, 3.8) is 0 Å². The molecule has 1 aliphatic rings. The van der Waals surface area contributed by atoms with E-state index in [2.05, 4.69) is 17.3 Å². The molecule has 0 bridgehead atoms. The molecule has 1 aliphatic carbocycles. The van der Waals surface area contributed by atoms with Crippen LogP contribution in [0.15, 0.2) is 34.9 Å². The SMILES string of the molecule is CC(C)(C)OC(=O)N(C(=O)OC(C)(C)C)c1noc2cc(COc3ccc4c(c3)CCCC4)c(Cl)cc12. The lowest BCUT2D eigenvalue weighted by Crippen LogP contribution is -2.44. The van der Waals surface area contributed by atoms with E-state index in [0.29, 0.717) is 21.6 Å². The largest absolute Gasteiger partial charge is 0.489 e. The molecule has 4 rings (SSSR count). The van der Waals surface area contributed by atoms with E-state index >= 15 is 0 Å². The van der Waals surface area contributed by atoms with E-state index in [1.54, 1.807) is 53.7 Å². The van der Waals surface area contributed by atoms with Crippen LogP contribution in [0.5, 0.6) is 5.75 Å². The van der Waals surface area contributed by atoms with E-state index < -0.39 is 23.4 Å². The summed E-state index contributed by atoms with van der Waals surface area (Å²) in [6, 6.07) is 9.47. The van der Waals surface area contributed by atoms with Crippen LogP contribution in [0.1, 0.15) is 71.1 Å². The fraction of sp³-hybridized carbons (Fsp3) is 0.464. The molecule has 3 aromatic rings. The number of nitrogens with zero attached hydrogens (tertiary/aromatic N) is 2. The zero-order valence-electron chi connectivity index (χ0n) is 22.1. The fourth-order valence-corrected chi connectivity index (χ4v) is 4.30. The summed E-state index contributed by atoms with van der Waals surface area (Å²) in [5, 5.41) is 4.73. The van der Waals surface area contributed by atoms with Gasteiger partial charge in [-0.25, -0.2) is 9.59 Å². The Bertz CT molecular complexity index is 1290. The summed E-state index contributed by atoms with van der Waals surface area (Å²) in [6.07, 6.45) is 2.71. The van der Waals surface area contributed by atoms with Crippen molar-refractivity contribution in [1.82, 2.24) is 5.16 Å². The van der Waals surface area contributed by atoms with Crippen molar-refractivity contribution in [2.45, 2.75) is 85.0 Å². The molecule has 0 radical (unpaired) electrons. The van der Waals surface area contributed by atoms with Crippen molar-refractivity contribution in [3.8, 4) is 5.75 Å². The average molecular weight is 529 g/mol. The molecule has 0 atom stereocenters. The third-order valence-corrected chi connectivity index (χ3v) is 6.05. The number of amides is 2. The minimum Gasteiger partial charge on any atom is -0.489 e. The minimum atomic E-state index is -0.937. The number of imide groups is 1. The second-order valence-corrected chi connectivity index (χ2v) is 11.6. The molecule has 0 N–H and O–H groups in total. The van der Waals surface area contributed by atoms with Crippen molar-refractivity contribution in [3.05, 3.63) is 52.0 Å². The quantitative estimate of drug-likeness (QED) is 0.344. The Morgan fingerprint density at radius 2 is 1.57 bits per heavy atom. The molecule has 0 saturated carbocycles. The molecule has 198 valence electrons. The first kappa shape index (κ1) is 26.8. The van der Waals surface area contributed by atoms with Gasteiger partial charge in [-0.05, 0) is 103 Å². The number of carbonyl (C=O) groups excluding carboxylic acids is 2. The highest BCUT2D eigenvalue weighted by atomic mass is 35.5. The predicted molar refractivity (Wildman–Crippen MR) is 141 cm³/mol. The molecule has 8 nitrogen and oxygen atoms in total. The van der Waals surface area contributed by atoms with Gasteiger partial charge in [-0.1, -0.05) is 22.8 Å². The van der Waals surface area contributed by atoms with Crippen LogP contribution in [0, 0.1) is 0 Å². The van der Waals surface area contributed by atoms with Crippen LogP contribution in [0.2, 0.25) is 5.02 Å². The summed E-state index contributed by atoms with van der Waals surface area (Å²) in [5.41, 5.74) is 2.02. The Balaban J connectivity index is 1.61. The first-order chi connectivity index (χ1) is 17.3. The van der Waals surface area contributed by atoms with Crippen LogP contribution in [0.4, 0.5) is 15.4 Å². The van der Waals surface area contributed by atoms with Gasteiger partial charge in [-0.3, -0.25) is 0 Å².